The number of nitrogens with one attached hydrogen (secondary N) is 1. The lowest BCUT2D eigenvalue weighted by Gasteiger charge is -2.40. The summed E-state index contributed by atoms with van der Waals surface area (Å²) >= 11 is 0. The Hall–Kier alpha value is -1.33. The van der Waals surface area contributed by atoms with E-state index < -0.39 is 49.5 Å². The Morgan fingerprint density at radius 1 is 0.589 bits per heavy atom. The fourth-order valence-electron chi connectivity index (χ4n) is 7.44. The molecule has 0 spiro atoms. The Morgan fingerprint density at radius 2 is 1.00 bits per heavy atom. The van der Waals surface area contributed by atoms with Gasteiger partial charge >= 0.3 is 0 Å². The van der Waals surface area contributed by atoms with Crippen LogP contribution in [0.15, 0.2) is 24.3 Å². The van der Waals surface area contributed by atoms with Crippen LogP contribution in [0.4, 0.5) is 0 Å². The first-order valence-electron chi connectivity index (χ1n) is 23.6. The minimum atomic E-state index is -1.57. The van der Waals surface area contributed by atoms with Gasteiger partial charge in [0.25, 0.3) is 0 Å². The van der Waals surface area contributed by atoms with Crippen molar-refractivity contribution in [1.29, 1.82) is 0 Å². The van der Waals surface area contributed by atoms with Crippen LogP contribution in [-0.4, -0.2) is 87.5 Å². The maximum absolute atomic E-state index is 12.9. The van der Waals surface area contributed by atoms with Gasteiger partial charge in [0.2, 0.25) is 5.91 Å². The third-order valence-corrected chi connectivity index (χ3v) is 11.3. The van der Waals surface area contributed by atoms with E-state index in [2.05, 4.69) is 31.3 Å². The number of unbranched alkanes of at least 4 members (excludes halogenated alkanes) is 27. The zero-order valence-corrected chi connectivity index (χ0v) is 36.1. The summed E-state index contributed by atoms with van der Waals surface area (Å²) < 4.78 is 11.2. The van der Waals surface area contributed by atoms with E-state index in [4.69, 9.17) is 9.47 Å². The van der Waals surface area contributed by atoms with Gasteiger partial charge in [-0.3, -0.25) is 4.79 Å². The van der Waals surface area contributed by atoms with Crippen LogP contribution in [0.5, 0.6) is 0 Å². The van der Waals surface area contributed by atoms with Crippen LogP contribution in [0.1, 0.15) is 213 Å². The Bertz CT molecular complexity index is 930. The Labute approximate surface area is 343 Å². The number of rotatable bonds is 39. The summed E-state index contributed by atoms with van der Waals surface area (Å²) in [6.07, 6.45) is 37.9. The first-order chi connectivity index (χ1) is 27.3. The van der Waals surface area contributed by atoms with Crippen molar-refractivity contribution in [3.63, 3.8) is 0 Å². The molecule has 9 nitrogen and oxygen atoms in total. The first kappa shape index (κ1) is 52.7. The summed E-state index contributed by atoms with van der Waals surface area (Å²) in [6, 6.07) is -0.805. The predicted molar refractivity (Wildman–Crippen MR) is 230 cm³/mol. The zero-order valence-electron chi connectivity index (χ0n) is 36.1. The molecule has 1 heterocycles. The van der Waals surface area contributed by atoms with E-state index in [0.717, 1.165) is 57.8 Å². The minimum absolute atomic E-state index is 0.186. The average Bonchev–Trinajstić information content (AvgIpc) is 3.20. The fraction of sp³-hybridized carbons (Fsp3) is 0.894. The summed E-state index contributed by atoms with van der Waals surface area (Å²) in [5, 5.41) is 54.2. The van der Waals surface area contributed by atoms with Gasteiger partial charge in [0.15, 0.2) is 6.29 Å². The van der Waals surface area contributed by atoms with E-state index >= 15 is 0 Å². The SMILES string of the molecule is CCCCCC/C=C\CCCCCCCC(=O)NC(COC1OC(CO)C(O)C(O)C1O)C(O)/C=C/CCCCCCCCCCCCCCCCCCCC. The molecule has 1 amide bonds. The van der Waals surface area contributed by atoms with Crippen LogP contribution in [0.2, 0.25) is 0 Å². The van der Waals surface area contributed by atoms with E-state index in [1.165, 1.54) is 135 Å². The number of hydrogen-bond donors (Lipinski definition) is 6. The van der Waals surface area contributed by atoms with Crippen molar-refractivity contribution in [2.45, 2.75) is 256 Å². The van der Waals surface area contributed by atoms with Gasteiger partial charge in [-0.05, 0) is 44.9 Å². The molecule has 6 N–H and O–H groups in total. The molecular formula is C47H89NO8. The van der Waals surface area contributed by atoms with E-state index in [1.54, 1.807) is 6.08 Å². The maximum Gasteiger partial charge on any atom is 0.220 e. The van der Waals surface area contributed by atoms with Crippen molar-refractivity contribution < 1.29 is 39.8 Å². The molecule has 330 valence electrons. The third kappa shape index (κ3) is 28.2. The van der Waals surface area contributed by atoms with Crippen molar-refractivity contribution in [3.05, 3.63) is 24.3 Å². The number of aliphatic hydroxyl groups excluding tert-OH is 5. The first-order valence-corrected chi connectivity index (χ1v) is 23.6. The lowest BCUT2D eigenvalue weighted by molar-refractivity contribution is -0.302. The molecule has 0 aromatic carbocycles. The minimum Gasteiger partial charge on any atom is -0.394 e. The highest BCUT2D eigenvalue weighted by Gasteiger charge is 2.44. The summed E-state index contributed by atoms with van der Waals surface area (Å²) in [5.41, 5.74) is 0. The molecule has 7 atom stereocenters. The molecule has 1 fully saturated rings. The van der Waals surface area contributed by atoms with Gasteiger partial charge in [-0.1, -0.05) is 186 Å². The van der Waals surface area contributed by atoms with Crippen molar-refractivity contribution in [3.8, 4) is 0 Å². The van der Waals surface area contributed by atoms with Crippen molar-refractivity contribution in [2.24, 2.45) is 0 Å². The molecule has 1 saturated heterocycles. The lowest BCUT2D eigenvalue weighted by atomic mass is 9.99. The lowest BCUT2D eigenvalue weighted by Crippen LogP contribution is -2.60. The molecule has 0 saturated carbocycles. The highest BCUT2D eigenvalue weighted by molar-refractivity contribution is 5.76. The van der Waals surface area contributed by atoms with Gasteiger partial charge in [-0.15, -0.1) is 0 Å². The normalized spacial score (nSPS) is 21.3. The van der Waals surface area contributed by atoms with Crippen molar-refractivity contribution in [2.75, 3.05) is 13.2 Å². The number of carbonyl (C=O) groups is 1. The van der Waals surface area contributed by atoms with Crippen LogP contribution < -0.4 is 5.32 Å². The monoisotopic (exact) mass is 796 g/mol. The van der Waals surface area contributed by atoms with Gasteiger partial charge in [0.05, 0.1) is 25.4 Å². The predicted octanol–water partition coefficient (Wildman–Crippen LogP) is 9.89. The molecule has 0 radical (unpaired) electrons. The summed E-state index contributed by atoms with van der Waals surface area (Å²) in [6.45, 7) is 3.76. The van der Waals surface area contributed by atoms with Gasteiger partial charge < -0.3 is 40.3 Å². The number of hydrogen-bond acceptors (Lipinski definition) is 8. The second-order valence-electron chi connectivity index (χ2n) is 16.5. The second kappa shape index (κ2) is 37.9. The maximum atomic E-state index is 12.9. The fourth-order valence-corrected chi connectivity index (χ4v) is 7.44. The molecule has 0 aromatic rings. The molecule has 7 unspecified atom stereocenters. The topological polar surface area (TPSA) is 149 Å². The van der Waals surface area contributed by atoms with Crippen LogP contribution in [0.3, 0.4) is 0 Å². The van der Waals surface area contributed by atoms with Crippen molar-refractivity contribution >= 4 is 5.91 Å². The van der Waals surface area contributed by atoms with Gasteiger partial charge in [-0.25, -0.2) is 0 Å². The molecule has 56 heavy (non-hydrogen) atoms. The Balaban J connectivity index is 2.33. The van der Waals surface area contributed by atoms with E-state index in [9.17, 15) is 30.3 Å². The van der Waals surface area contributed by atoms with E-state index in [0.29, 0.717) is 6.42 Å². The van der Waals surface area contributed by atoms with E-state index in [1.807, 2.05) is 6.08 Å². The molecule has 1 aliphatic rings. The molecule has 0 aromatic heterocycles. The Morgan fingerprint density at radius 3 is 1.46 bits per heavy atom. The molecule has 0 aliphatic carbocycles. The number of ether oxygens (including phenoxy) is 2. The largest absolute Gasteiger partial charge is 0.394 e. The van der Waals surface area contributed by atoms with Gasteiger partial charge in [0.1, 0.15) is 24.4 Å². The molecular weight excluding hydrogens is 707 g/mol. The summed E-state index contributed by atoms with van der Waals surface area (Å²) in [7, 11) is 0. The molecule has 1 aliphatic heterocycles. The summed E-state index contributed by atoms with van der Waals surface area (Å²) in [4.78, 5) is 12.9. The van der Waals surface area contributed by atoms with Crippen molar-refractivity contribution in [1.82, 2.24) is 5.32 Å². The van der Waals surface area contributed by atoms with Crippen LogP contribution in [-0.2, 0) is 14.3 Å². The number of aliphatic hydroxyl groups is 5. The molecule has 0 bridgehead atoms. The quantitative estimate of drug-likeness (QED) is 0.0266. The third-order valence-electron chi connectivity index (χ3n) is 11.3. The van der Waals surface area contributed by atoms with Crippen LogP contribution in [0, 0.1) is 0 Å². The second-order valence-corrected chi connectivity index (χ2v) is 16.5. The number of allylic oxidation sites excluding steroid dienone is 3. The van der Waals surface area contributed by atoms with Gasteiger partial charge in [-0.2, -0.15) is 0 Å². The Kier molecular flexibility index (Phi) is 35.7. The molecule has 1 rings (SSSR count). The number of carbonyl (C=O) groups excluding carboxylic acids is 1. The smallest absolute Gasteiger partial charge is 0.220 e. The standard InChI is InChI=1S/C47H89NO8/c1-3-5-7-9-11-13-15-17-18-19-20-21-22-23-25-26-28-30-32-34-36-41(50)40(39-55-47-46(54)45(53)44(52)42(38-49)56-47)48-43(51)37-35-33-31-29-27-24-16-14-12-10-8-6-4-2/h14,16,34,36,40-42,44-47,49-50,52-54H,3-13,15,17-33,35,37-39H2,1-2H3,(H,48,51)/b16-14-,36-34+. The van der Waals surface area contributed by atoms with E-state index in [-0.39, 0.29) is 12.5 Å². The average molecular weight is 796 g/mol. The van der Waals surface area contributed by atoms with Gasteiger partial charge in [0, 0.05) is 6.42 Å². The highest BCUT2D eigenvalue weighted by Crippen LogP contribution is 2.23. The van der Waals surface area contributed by atoms with Crippen LogP contribution in [0.25, 0.3) is 0 Å². The highest BCUT2D eigenvalue weighted by atomic mass is 16.7. The number of amides is 1. The zero-order chi connectivity index (χ0) is 40.9. The summed E-state index contributed by atoms with van der Waals surface area (Å²) in [5.74, 6) is -0.186. The van der Waals surface area contributed by atoms with Crippen LogP contribution >= 0.6 is 0 Å². The molecule has 9 heteroatoms.